The molecule has 0 aromatic rings. The summed E-state index contributed by atoms with van der Waals surface area (Å²) in [4.78, 5) is 9.24. The molecule has 0 atom stereocenters. The van der Waals surface area contributed by atoms with Crippen molar-refractivity contribution in [3.05, 3.63) is 0 Å². The van der Waals surface area contributed by atoms with Crippen LogP contribution in [0.5, 0.6) is 0 Å². The fourth-order valence-electron chi connectivity index (χ4n) is 0.184. The Kier molecular flexibility index (Phi) is 15.2. The van der Waals surface area contributed by atoms with Crippen LogP contribution in [0.3, 0.4) is 0 Å². The van der Waals surface area contributed by atoms with Gasteiger partial charge in [0.25, 0.3) is 0 Å². The molecule has 0 saturated heterocycles. The second-order valence-corrected chi connectivity index (χ2v) is 1.60. The standard InChI is InChI=1S/C4H10BO2.C2H5NO2/c1-3-6-5-7-4-2;3-1-2(4)5/h3-4H2,1-2H3;1,3H2,(H,4,5). The first-order valence-corrected chi connectivity index (χ1v) is 3.65. The summed E-state index contributed by atoms with van der Waals surface area (Å²) in [6.07, 6.45) is 0. The number of carboxylic acid groups (broad SMARTS) is 1. The number of carbonyl (C=O) groups is 1. The molecule has 0 amide bonds. The zero-order chi connectivity index (χ0) is 9.82. The molecule has 0 spiro atoms. The predicted octanol–water partition coefficient (Wildman–Crippen LogP) is -0.377. The molecule has 0 aromatic heterocycles. The lowest BCUT2D eigenvalue weighted by molar-refractivity contribution is -0.135. The van der Waals surface area contributed by atoms with Gasteiger partial charge in [0.2, 0.25) is 0 Å². The van der Waals surface area contributed by atoms with Crippen LogP contribution in [0.1, 0.15) is 13.8 Å². The molecule has 0 saturated carbocycles. The van der Waals surface area contributed by atoms with Gasteiger partial charge in [-0.1, -0.05) is 0 Å². The van der Waals surface area contributed by atoms with E-state index in [1.54, 1.807) is 0 Å². The van der Waals surface area contributed by atoms with E-state index in [1.165, 1.54) is 7.69 Å². The van der Waals surface area contributed by atoms with Gasteiger partial charge in [0.05, 0.1) is 6.54 Å². The number of rotatable bonds is 5. The smallest absolute Gasteiger partial charge is 0.480 e. The van der Waals surface area contributed by atoms with Crippen molar-refractivity contribution in [1.82, 2.24) is 0 Å². The molecule has 12 heavy (non-hydrogen) atoms. The van der Waals surface area contributed by atoms with Crippen molar-refractivity contribution in [2.75, 3.05) is 19.8 Å². The predicted molar refractivity (Wildman–Crippen MR) is 45.7 cm³/mol. The van der Waals surface area contributed by atoms with Gasteiger partial charge in [-0.05, 0) is 13.8 Å². The summed E-state index contributed by atoms with van der Waals surface area (Å²) in [5, 5.41) is 7.60. The van der Waals surface area contributed by atoms with Crippen molar-refractivity contribution >= 4 is 13.7 Å². The van der Waals surface area contributed by atoms with Crippen LogP contribution in [0, 0.1) is 0 Å². The lowest BCUT2D eigenvalue weighted by Crippen LogP contribution is -2.10. The molecule has 0 unspecified atom stereocenters. The van der Waals surface area contributed by atoms with Gasteiger partial charge < -0.3 is 20.1 Å². The van der Waals surface area contributed by atoms with Crippen molar-refractivity contribution in [3.8, 4) is 0 Å². The van der Waals surface area contributed by atoms with Crippen LogP contribution in [-0.4, -0.2) is 38.5 Å². The molecule has 0 aliphatic carbocycles. The summed E-state index contributed by atoms with van der Waals surface area (Å²) in [5.41, 5.74) is 4.57. The molecule has 3 N–H and O–H groups in total. The molecular weight excluding hydrogens is 161 g/mol. The van der Waals surface area contributed by atoms with E-state index in [-0.39, 0.29) is 6.54 Å². The number of carboxylic acids is 1. The van der Waals surface area contributed by atoms with Gasteiger partial charge in [-0.15, -0.1) is 0 Å². The van der Waals surface area contributed by atoms with Crippen LogP contribution in [0.25, 0.3) is 0 Å². The molecule has 0 aromatic carbocycles. The van der Waals surface area contributed by atoms with Crippen molar-refractivity contribution in [1.29, 1.82) is 0 Å². The Morgan fingerprint density at radius 3 is 1.92 bits per heavy atom. The number of aliphatic carboxylic acids is 1. The average molecular weight is 176 g/mol. The monoisotopic (exact) mass is 176 g/mol. The largest absolute Gasteiger partial charge is 0.487 e. The topological polar surface area (TPSA) is 81.8 Å². The van der Waals surface area contributed by atoms with Crippen molar-refractivity contribution in [2.24, 2.45) is 5.73 Å². The summed E-state index contributed by atoms with van der Waals surface area (Å²) in [6.45, 7) is 4.91. The second-order valence-electron chi connectivity index (χ2n) is 1.60. The maximum atomic E-state index is 9.24. The van der Waals surface area contributed by atoms with E-state index in [1.807, 2.05) is 13.8 Å². The Balaban J connectivity index is 0. The van der Waals surface area contributed by atoms with E-state index in [9.17, 15) is 4.79 Å². The van der Waals surface area contributed by atoms with Gasteiger partial charge >= 0.3 is 13.7 Å². The van der Waals surface area contributed by atoms with Crippen molar-refractivity contribution in [3.63, 3.8) is 0 Å². The summed E-state index contributed by atoms with van der Waals surface area (Å²) in [6, 6.07) is 0. The normalized spacial score (nSPS) is 8.25. The van der Waals surface area contributed by atoms with Gasteiger partial charge in [-0.2, -0.15) is 0 Å². The van der Waals surface area contributed by atoms with Gasteiger partial charge in [-0.25, -0.2) is 0 Å². The van der Waals surface area contributed by atoms with E-state index >= 15 is 0 Å². The minimum absolute atomic E-state index is 0.278. The molecular formula is C6H15BNO4. The van der Waals surface area contributed by atoms with Crippen LogP contribution in [-0.2, 0) is 14.1 Å². The third-order valence-electron chi connectivity index (χ3n) is 0.644. The van der Waals surface area contributed by atoms with Crippen molar-refractivity contribution in [2.45, 2.75) is 13.8 Å². The molecule has 71 valence electrons. The number of hydrogen-bond acceptors (Lipinski definition) is 4. The van der Waals surface area contributed by atoms with E-state index in [0.29, 0.717) is 13.2 Å². The zero-order valence-electron chi connectivity index (χ0n) is 7.45. The summed E-state index contributed by atoms with van der Waals surface area (Å²) < 4.78 is 9.45. The Bertz CT molecular complexity index is 97.5. The Morgan fingerprint density at radius 1 is 1.42 bits per heavy atom. The van der Waals surface area contributed by atoms with Crippen molar-refractivity contribution < 1.29 is 19.2 Å². The molecule has 1 radical (unpaired) electrons. The Morgan fingerprint density at radius 2 is 1.75 bits per heavy atom. The lowest BCUT2D eigenvalue weighted by atomic mass is 10.4. The van der Waals surface area contributed by atoms with Gasteiger partial charge in [-0.3, -0.25) is 4.79 Å². The third-order valence-corrected chi connectivity index (χ3v) is 0.644. The highest BCUT2D eigenvalue weighted by atomic mass is 16.6. The number of nitrogens with two attached hydrogens (primary N) is 1. The molecule has 0 aliphatic heterocycles. The maximum absolute atomic E-state index is 9.24. The fourth-order valence-corrected chi connectivity index (χ4v) is 0.184. The molecule has 0 aliphatic rings. The molecule has 0 rings (SSSR count). The van der Waals surface area contributed by atoms with Crippen LogP contribution in [0.2, 0.25) is 0 Å². The minimum Gasteiger partial charge on any atom is -0.480 e. The highest BCUT2D eigenvalue weighted by Gasteiger charge is 1.85. The first-order valence-electron chi connectivity index (χ1n) is 3.65. The minimum atomic E-state index is -0.968. The Labute approximate surface area is 73.1 Å². The molecule has 0 bridgehead atoms. The van der Waals surface area contributed by atoms with E-state index in [4.69, 9.17) is 14.4 Å². The molecule has 5 nitrogen and oxygen atoms in total. The van der Waals surface area contributed by atoms with Gasteiger partial charge in [0.15, 0.2) is 0 Å². The molecule has 0 fully saturated rings. The van der Waals surface area contributed by atoms with Gasteiger partial charge in [0.1, 0.15) is 0 Å². The second kappa shape index (κ2) is 13.0. The summed E-state index contributed by atoms with van der Waals surface area (Å²) in [7, 11) is 1.36. The van der Waals surface area contributed by atoms with Crippen LogP contribution >= 0.6 is 0 Å². The lowest BCUT2D eigenvalue weighted by Gasteiger charge is -1.93. The molecule has 6 heteroatoms. The fraction of sp³-hybridized carbons (Fsp3) is 0.833. The van der Waals surface area contributed by atoms with E-state index < -0.39 is 5.97 Å². The van der Waals surface area contributed by atoms with E-state index in [2.05, 4.69) is 5.73 Å². The van der Waals surface area contributed by atoms with Crippen LogP contribution in [0.4, 0.5) is 0 Å². The third kappa shape index (κ3) is 22.7. The SMILES string of the molecule is CCO[B]OCC.NCC(=O)O. The van der Waals surface area contributed by atoms with Crippen LogP contribution in [0.15, 0.2) is 0 Å². The average Bonchev–Trinajstić information content (AvgIpc) is 2.07. The highest BCUT2D eigenvalue weighted by molar-refractivity contribution is 6.17. The summed E-state index contributed by atoms with van der Waals surface area (Å²) >= 11 is 0. The first-order chi connectivity index (χ1) is 5.68. The zero-order valence-corrected chi connectivity index (χ0v) is 7.45. The van der Waals surface area contributed by atoms with Crippen LogP contribution < -0.4 is 5.73 Å². The maximum Gasteiger partial charge on any atom is 0.487 e. The quantitative estimate of drug-likeness (QED) is 0.440. The van der Waals surface area contributed by atoms with Gasteiger partial charge in [0, 0.05) is 13.2 Å². The highest BCUT2D eigenvalue weighted by Crippen LogP contribution is 1.70. The Hall–Kier alpha value is -0.585. The number of hydrogen-bond donors (Lipinski definition) is 2. The molecule has 0 heterocycles. The first kappa shape index (κ1) is 14.0. The van der Waals surface area contributed by atoms with E-state index in [0.717, 1.165) is 0 Å². The summed E-state index contributed by atoms with van der Waals surface area (Å²) in [5.74, 6) is -0.968.